The summed E-state index contributed by atoms with van der Waals surface area (Å²) in [5.74, 6) is 0.191. The first-order valence-electron chi connectivity index (χ1n) is 5.68. The zero-order chi connectivity index (χ0) is 15.3. The van der Waals surface area contributed by atoms with Crippen molar-refractivity contribution in [3.8, 4) is 6.07 Å². The van der Waals surface area contributed by atoms with Crippen LogP contribution in [0.5, 0.6) is 0 Å². The summed E-state index contributed by atoms with van der Waals surface area (Å²) >= 11 is 5.71. The van der Waals surface area contributed by atoms with Gasteiger partial charge in [-0.05, 0) is 30.3 Å². The van der Waals surface area contributed by atoms with E-state index < -0.39 is 14.7 Å². The monoisotopic (exact) mass is 320 g/mol. The molecule has 21 heavy (non-hydrogen) atoms. The predicted octanol–water partition coefficient (Wildman–Crippen LogP) is 2.38. The molecule has 0 aliphatic carbocycles. The van der Waals surface area contributed by atoms with Gasteiger partial charge in [-0.25, -0.2) is 18.4 Å². The van der Waals surface area contributed by atoms with Crippen LogP contribution in [0.15, 0.2) is 58.7 Å². The van der Waals surface area contributed by atoms with E-state index in [9.17, 15) is 8.42 Å². The lowest BCUT2D eigenvalue weighted by Crippen LogP contribution is -2.06. The molecule has 1 N–H and O–H groups in total. The van der Waals surface area contributed by atoms with Crippen LogP contribution in [0.2, 0.25) is 5.02 Å². The van der Waals surface area contributed by atoms with Gasteiger partial charge in [-0.1, -0.05) is 11.6 Å². The molecule has 106 valence electrons. The maximum Gasteiger partial charge on any atom is 0.226 e. The summed E-state index contributed by atoms with van der Waals surface area (Å²) in [7, 11) is -3.91. The van der Waals surface area contributed by atoms with Gasteiger partial charge in [-0.3, -0.25) is 0 Å². The highest BCUT2D eigenvalue weighted by molar-refractivity contribution is 7.95. The highest BCUT2D eigenvalue weighted by atomic mass is 35.5. The Morgan fingerprint density at radius 3 is 2.43 bits per heavy atom. The second-order valence-corrected chi connectivity index (χ2v) is 6.15. The summed E-state index contributed by atoms with van der Waals surface area (Å²) < 4.78 is 24.6. The van der Waals surface area contributed by atoms with E-state index >= 15 is 0 Å². The van der Waals surface area contributed by atoms with Gasteiger partial charge in [0, 0.05) is 23.6 Å². The average Bonchev–Trinajstić information content (AvgIpc) is 2.49. The summed E-state index contributed by atoms with van der Waals surface area (Å²) in [6, 6.07) is 8.82. The van der Waals surface area contributed by atoms with E-state index in [1.807, 2.05) is 0 Å². The van der Waals surface area contributed by atoms with E-state index in [0.717, 1.165) is 6.20 Å². The number of nitrogens with zero attached hydrogens (tertiary/aromatic N) is 3. The fourth-order valence-corrected chi connectivity index (χ4v) is 2.62. The Morgan fingerprint density at radius 1 is 1.24 bits per heavy atom. The molecule has 0 spiro atoms. The SMILES string of the molecule is N#CC(=CNc1ncccn1)S(=O)(=O)c1ccc(Cl)cc1. The summed E-state index contributed by atoms with van der Waals surface area (Å²) in [6.07, 6.45) is 4.03. The number of hydrogen-bond donors (Lipinski definition) is 1. The maximum absolute atomic E-state index is 12.3. The fraction of sp³-hybridized carbons (Fsp3) is 0. The molecule has 0 saturated heterocycles. The first-order chi connectivity index (χ1) is 10.0. The zero-order valence-electron chi connectivity index (χ0n) is 10.6. The van der Waals surface area contributed by atoms with E-state index in [0.29, 0.717) is 5.02 Å². The number of nitriles is 1. The van der Waals surface area contributed by atoms with Gasteiger partial charge >= 0.3 is 0 Å². The van der Waals surface area contributed by atoms with Crippen LogP contribution in [0.3, 0.4) is 0 Å². The number of hydrogen-bond acceptors (Lipinski definition) is 6. The molecule has 2 aromatic rings. The quantitative estimate of drug-likeness (QED) is 0.869. The van der Waals surface area contributed by atoms with E-state index in [1.165, 1.54) is 36.7 Å². The molecule has 8 heteroatoms. The molecule has 0 amide bonds. The van der Waals surface area contributed by atoms with Crippen LogP contribution >= 0.6 is 11.6 Å². The number of sulfone groups is 1. The number of aromatic nitrogens is 2. The van der Waals surface area contributed by atoms with Crippen LogP contribution in [0.4, 0.5) is 5.95 Å². The van der Waals surface area contributed by atoms with Crippen molar-refractivity contribution in [2.75, 3.05) is 5.32 Å². The molecule has 0 radical (unpaired) electrons. The van der Waals surface area contributed by atoms with Crippen molar-refractivity contribution in [3.05, 3.63) is 58.9 Å². The molecule has 1 aromatic heterocycles. The number of anilines is 1. The van der Waals surface area contributed by atoms with Gasteiger partial charge in [-0.2, -0.15) is 5.26 Å². The molecule has 0 aliphatic heterocycles. The van der Waals surface area contributed by atoms with Gasteiger partial charge < -0.3 is 5.32 Å². The maximum atomic E-state index is 12.3. The van der Waals surface area contributed by atoms with Gasteiger partial charge in [0.2, 0.25) is 15.8 Å². The van der Waals surface area contributed by atoms with E-state index in [2.05, 4.69) is 15.3 Å². The van der Waals surface area contributed by atoms with Gasteiger partial charge in [0.05, 0.1) is 4.90 Å². The van der Waals surface area contributed by atoms with Crippen molar-refractivity contribution in [1.29, 1.82) is 5.26 Å². The second kappa shape index (κ2) is 6.35. The van der Waals surface area contributed by atoms with Crippen molar-refractivity contribution in [3.63, 3.8) is 0 Å². The number of rotatable bonds is 4. The summed E-state index contributed by atoms with van der Waals surface area (Å²) in [6.45, 7) is 0. The average molecular weight is 321 g/mol. The molecule has 0 unspecified atom stereocenters. The molecule has 0 bridgehead atoms. The molecular formula is C13H9ClN4O2S. The number of allylic oxidation sites excluding steroid dienone is 1. The van der Waals surface area contributed by atoms with Gasteiger partial charge in [0.1, 0.15) is 6.07 Å². The molecule has 0 fully saturated rings. The minimum Gasteiger partial charge on any atom is -0.329 e. The van der Waals surface area contributed by atoms with Gasteiger partial charge in [0.15, 0.2) is 4.91 Å². The van der Waals surface area contributed by atoms with Crippen molar-refractivity contribution in [2.45, 2.75) is 4.90 Å². The van der Waals surface area contributed by atoms with Crippen molar-refractivity contribution < 1.29 is 8.42 Å². The Labute approximate surface area is 126 Å². The molecule has 1 aromatic carbocycles. The minimum absolute atomic E-state index is 0.0181. The molecular weight excluding hydrogens is 312 g/mol. The third kappa shape index (κ3) is 3.56. The van der Waals surface area contributed by atoms with Crippen molar-refractivity contribution in [2.24, 2.45) is 0 Å². The third-order valence-corrected chi connectivity index (χ3v) is 4.35. The van der Waals surface area contributed by atoms with E-state index in [1.54, 1.807) is 12.1 Å². The topological polar surface area (TPSA) is 95.7 Å². The molecule has 2 rings (SSSR count). The molecule has 0 atom stereocenters. The largest absolute Gasteiger partial charge is 0.329 e. The van der Waals surface area contributed by atoms with Crippen LogP contribution in [0.1, 0.15) is 0 Å². The normalized spacial score (nSPS) is 11.7. The summed E-state index contributed by atoms with van der Waals surface area (Å²) in [5.41, 5.74) is 0. The molecule has 1 heterocycles. The summed E-state index contributed by atoms with van der Waals surface area (Å²) in [5, 5.41) is 12.0. The van der Waals surface area contributed by atoms with E-state index in [4.69, 9.17) is 16.9 Å². The molecule has 6 nitrogen and oxygen atoms in total. The number of benzene rings is 1. The standard InChI is InChI=1S/C13H9ClN4O2S/c14-10-2-4-11(5-3-10)21(19,20)12(8-15)9-18-13-16-6-1-7-17-13/h1-7,9H,(H,16,17,18). The Hall–Kier alpha value is -2.43. The molecule has 0 aliphatic rings. The highest BCUT2D eigenvalue weighted by Crippen LogP contribution is 2.20. The van der Waals surface area contributed by atoms with Crippen molar-refractivity contribution >= 4 is 27.4 Å². The zero-order valence-corrected chi connectivity index (χ0v) is 12.1. The first-order valence-corrected chi connectivity index (χ1v) is 7.54. The lowest BCUT2D eigenvalue weighted by Gasteiger charge is -2.03. The Kier molecular flexibility index (Phi) is 4.52. The number of nitrogens with one attached hydrogen (secondary N) is 1. The highest BCUT2D eigenvalue weighted by Gasteiger charge is 2.20. The Bertz CT molecular complexity index is 796. The number of halogens is 1. The first kappa shape index (κ1) is 15.0. The molecule has 0 saturated carbocycles. The minimum atomic E-state index is -3.91. The predicted molar refractivity (Wildman–Crippen MR) is 78.0 cm³/mol. The Balaban J connectivity index is 2.32. The fourth-order valence-electron chi connectivity index (χ4n) is 1.41. The second-order valence-electron chi connectivity index (χ2n) is 3.79. The van der Waals surface area contributed by atoms with Gasteiger partial charge in [-0.15, -0.1) is 0 Å². The van der Waals surface area contributed by atoms with Crippen molar-refractivity contribution in [1.82, 2.24) is 9.97 Å². The van der Waals surface area contributed by atoms with Gasteiger partial charge in [0.25, 0.3) is 0 Å². The third-order valence-electron chi connectivity index (χ3n) is 2.42. The van der Waals surface area contributed by atoms with Crippen LogP contribution in [0.25, 0.3) is 0 Å². The lowest BCUT2D eigenvalue weighted by molar-refractivity contribution is 0.603. The smallest absolute Gasteiger partial charge is 0.226 e. The summed E-state index contributed by atoms with van der Waals surface area (Å²) in [4.78, 5) is 7.26. The lowest BCUT2D eigenvalue weighted by atomic mass is 10.4. The van der Waals surface area contributed by atoms with Crippen LogP contribution in [-0.2, 0) is 9.84 Å². The van der Waals surface area contributed by atoms with E-state index in [-0.39, 0.29) is 10.8 Å². The van der Waals surface area contributed by atoms with Crippen LogP contribution < -0.4 is 5.32 Å². The Morgan fingerprint density at radius 2 is 1.86 bits per heavy atom. The van der Waals surface area contributed by atoms with Crippen LogP contribution in [0, 0.1) is 11.3 Å². The van der Waals surface area contributed by atoms with Crippen LogP contribution in [-0.4, -0.2) is 18.4 Å².